The third-order valence-corrected chi connectivity index (χ3v) is 3.14. The molecule has 15 heavy (non-hydrogen) atoms. The molecule has 1 aromatic heterocycles. The van der Waals surface area contributed by atoms with E-state index in [0.29, 0.717) is 6.54 Å². The Labute approximate surface area is 92.9 Å². The minimum absolute atomic E-state index is 0.260. The number of nitrogens with zero attached hydrogens (tertiary/aromatic N) is 1. The number of hydrogen-bond acceptors (Lipinski definition) is 3. The zero-order valence-corrected chi connectivity index (χ0v) is 10.0. The fraction of sp³-hybridized carbons (Fsp3) is 0.444. The molecule has 4 nitrogen and oxygen atoms in total. The standard InChI is InChI=1S/C9H12ClNO3S/c1-7(2)6-11-5-3-4-8(9(11)12)15(10,13)14/h3-5,7H,6H2,1-2H3. The summed E-state index contributed by atoms with van der Waals surface area (Å²) >= 11 is 0. The molecule has 0 bridgehead atoms. The number of aromatic nitrogens is 1. The largest absolute Gasteiger partial charge is 0.314 e. The summed E-state index contributed by atoms with van der Waals surface area (Å²) in [6.45, 7) is 4.35. The van der Waals surface area contributed by atoms with Crippen molar-refractivity contribution in [1.29, 1.82) is 0 Å². The van der Waals surface area contributed by atoms with Crippen LogP contribution in [0.1, 0.15) is 13.8 Å². The third-order valence-electron chi connectivity index (χ3n) is 1.81. The summed E-state index contributed by atoms with van der Waals surface area (Å²) in [5, 5.41) is 0. The number of rotatable bonds is 3. The van der Waals surface area contributed by atoms with Crippen molar-refractivity contribution in [1.82, 2.24) is 4.57 Å². The van der Waals surface area contributed by atoms with Gasteiger partial charge in [-0.2, -0.15) is 0 Å². The van der Waals surface area contributed by atoms with E-state index in [-0.39, 0.29) is 10.8 Å². The van der Waals surface area contributed by atoms with Crippen LogP contribution in [0.2, 0.25) is 0 Å². The molecule has 0 radical (unpaired) electrons. The van der Waals surface area contributed by atoms with Gasteiger partial charge in [-0.3, -0.25) is 4.79 Å². The summed E-state index contributed by atoms with van der Waals surface area (Å²) in [5.41, 5.74) is -0.568. The Balaban J connectivity index is 3.31. The average molecular weight is 250 g/mol. The molecular weight excluding hydrogens is 238 g/mol. The third kappa shape index (κ3) is 3.07. The van der Waals surface area contributed by atoms with Crippen molar-refractivity contribution in [3.63, 3.8) is 0 Å². The molecule has 0 aliphatic carbocycles. The lowest BCUT2D eigenvalue weighted by molar-refractivity contribution is 0.505. The lowest BCUT2D eigenvalue weighted by Gasteiger charge is -2.08. The van der Waals surface area contributed by atoms with Crippen LogP contribution in [0, 0.1) is 5.92 Å². The first-order valence-corrected chi connectivity index (χ1v) is 6.77. The normalized spacial score (nSPS) is 12.0. The average Bonchev–Trinajstić information content (AvgIpc) is 2.05. The molecule has 1 heterocycles. The van der Waals surface area contributed by atoms with Gasteiger partial charge in [0.1, 0.15) is 4.90 Å². The summed E-state index contributed by atoms with van der Waals surface area (Å²) in [6.07, 6.45) is 1.55. The molecule has 0 unspecified atom stereocenters. The van der Waals surface area contributed by atoms with Crippen molar-refractivity contribution >= 4 is 19.7 Å². The molecule has 0 aliphatic rings. The highest BCUT2D eigenvalue weighted by molar-refractivity contribution is 8.13. The van der Waals surface area contributed by atoms with Gasteiger partial charge < -0.3 is 4.57 Å². The van der Waals surface area contributed by atoms with Gasteiger partial charge in [-0.25, -0.2) is 8.42 Å². The maximum Gasteiger partial charge on any atom is 0.270 e. The Bertz CT molecular complexity index is 504. The molecule has 0 aromatic carbocycles. The zero-order chi connectivity index (χ0) is 11.6. The molecule has 6 heteroatoms. The highest BCUT2D eigenvalue weighted by atomic mass is 35.7. The maximum atomic E-state index is 11.7. The second kappa shape index (κ2) is 4.37. The van der Waals surface area contributed by atoms with E-state index < -0.39 is 14.6 Å². The quantitative estimate of drug-likeness (QED) is 0.762. The van der Waals surface area contributed by atoms with E-state index in [9.17, 15) is 13.2 Å². The topological polar surface area (TPSA) is 56.1 Å². The van der Waals surface area contributed by atoms with E-state index in [1.165, 1.54) is 16.7 Å². The van der Waals surface area contributed by atoms with Crippen molar-refractivity contribution in [3.8, 4) is 0 Å². The molecule has 0 amide bonds. The van der Waals surface area contributed by atoms with E-state index in [1.807, 2.05) is 13.8 Å². The molecule has 0 N–H and O–H groups in total. The fourth-order valence-corrected chi connectivity index (χ4v) is 2.16. The Kier molecular flexibility index (Phi) is 3.57. The highest BCUT2D eigenvalue weighted by Gasteiger charge is 2.16. The molecule has 0 saturated carbocycles. The maximum absolute atomic E-state index is 11.7. The molecule has 0 atom stereocenters. The van der Waals surface area contributed by atoms with E-state index in [4.69, 9.17) is 10.7 Å². The molecule has 84 valence electrons. The Morgan fingerprint density at radius 3 is 2.53 bits per heavy atom. The van der Waals surface area contributed by atoms with Crippen LogP contribution in [0.15, 0.2) is 28.0 Å². The summed E-state index contributed by atoms with van der Waals surface area (Å²) in [7, 11) is 1.18. The van der Waals surface area contributed by atoms with Gasteiger partial charge in [0.25, 0.3) is 14.6 Å². The van der Waals surface area contributed by atoms with Crippen LogP contribution < -0.4 is 5.56 Å². The summed E-state index contributed by atoms with van der Waals surface area (Å²) in [4.78, 5) is 11.3. The molecular formula is C9H12ClNO3S. The summed E-state index contributed by atoms with van der Waals surface area (Å²) < 4.78 is 23.4. The number of halogens is 1. The summed E-state index contributed by atoms with van der Waals surface area (Å²) in [5.74, 6) is 0.260. The molecule has 0 saturated heterocycles. The van der Waals surface area contributed by atoms with Crippen LogP contribution in [-0.4, -0.2) is 13.0 Å². The minimum atomic E-state index is -3.95. The smallest absolute Gasteiger partial charge is 0.270 e. The molecule has 0 spiro atoms. The van der Waals surface area contributed by atoms with Gasteiger partial charge in [0.15, 0.2) is 0 Å². The number of pyridine rings is 1. The predicted molar refractivity (Wildman–Crippen MR) is 58.6 cm³/mol. The molecule has 1 rings (SSSR count). The monoisotopic (exact) mass is 249 g/mol. The van der Waals surface area contributed by atoms with Crippen LogP contribution in [0.3, 0.4) is 0 Å². The molecule has 1 aromatic rings. The van der Waals surface area contributed by atoms with E-state index in [0.717, 1.165) is 0 Å². The number of hydrogen-bond donors (Lipinski definition) is 0. The second-order valence-electron chi connectivity index (χ2n) is 3.66. The lowest BCUT2D eigenvalue weighted by atomic mass is 10.2. The van der Waals surface area contributed by atoms with Gasteiger partial charge in [0, 0.05) is 23.4 Å². The Morgan fingerprint density at radius 1 is 1.47 bits per heavy atom. The first-order valence-electron chi connectivity index (χ1n) is 4.46. The highest BCUT2D eigenvalue weighted by Crippen LogP contribution is 2.09. The van der Waals surface area contributed by atoms with Crippen LogP contribution in [0.4, 0.5) is 0 Å². The van der Waals surface area contributed by atoms with Crippen LogP contribution in [-0.2, 0) is 15.6 Å². The SMILES string of the molecule is CC(C)Cn1cccc(S(=O)(=O)Cl)c1=O. The van der Waals surface area contributed by atoms with Gasteiger partial charge in [-0.05, 0) is 18.1 Å². The summed E-state index contributed by atoms with van der Waals surface area (Å²) in [6, 6.07) is 2.71. The lowest BCUT2D eigenvalue weighted by Crippen LogP contribution is -2.25. The first-order chi connectivity index (χ1) is 6.82. The molecule has 0 fully saturated rings. The van der Waals surface area contributed by atoms with Gasteiger partial charge in [0.2, 0.25) is 0 Å². The van der Waals surface area contributed by atoms with Gasteiger partial charge in [-0.1, -0.05) is 13.8 Å². The van der Waals surface area contributed by atoms with Crippen molar-refractivity contribution in [2.45, 2.75) is 25.3 Å². The van der Waals surface area contributed by atoms with Gasteiger partial charge in [-0.15, -0.1) is 0 Å². The fourth-order valence-electron chi connectivity index (χ4n) is 1.24. The molecule has 0 aliphatic heterocycles. The van der Waals surface area contributed by atoms with Crippen LogP contribution in [0.5, 0.6) is 0 Å². The van der Waals surface area contributed by atoms with Crippen LogP contribution in [0.25, 0.3) is 0 Å². The van der Waals surface area contributed by atoms with E-state index in [2.05, 4.69) is 0 Å². The predicted octanol–water partition coefficient (Wildman–Crippen LogP) is 1.43. The van der Waals surface area contributed by atoms with Crippen molar-refractivity contribution in [3.05, 3.63) is 28.7 Å². The van der Waals surface area contributed by atoms with E-state index in [1.54, 1.807) is 6.20 Å². The van der Waals surface area contributed by atoms with Gasteiger partial charge >= 0.3 is 0 Å². The van der Waals surface area contributed by atoms with Crippen molar-refractivity contribution < 1.29 is 8.42 Å². The second-order valence-corrected chi connectivity index (χ2v) is 6.20. The Hall–Kier alpha value is -0.810. The van der Waals surface area contributed by atoms with Gasteiger partial charge in [0.05, 0.1) is 0 Å². The minimum Gasteiger partial charge on any atom is -0.314 e. The van der Waals surface area contributed by atoms with Crippen molar-refractivity contribution in [2.75, 3.05) is 0 Å². The van der Waals surface area contributed by atoms with E-state index >= 15 is 0 Å². The zero-order valence-electron chi connectivity index (χ0n) is 8.47. The first kappa shape index (κ1) is 12.3. The van der Waals surface area contributed by atoms with Crippen LogP contribution >= 0.6 is 10.7 Å². The van der Waals surface area contributed by atoms with Crippen molar-refractivity contribution in [2.24, 2.45) is 5.92 Å². The Morgan fingerprint density at radius 2 is 2.07 bits per heavy atom.